The van der Waals surface area contributed by atoms with Crippen molar-refractivity contribution in [3.05, 3.63) is 52.6 Å². The Morgan fingerprint density at radius 3 is 2.57 bits per heavy atom. The summed E-state index contributed by atoms with van der Waals surface area (Å²) >= 11 is 6.03. The topological polar surface area (TPSA) is 94.1 Å². The lowest BCUT2D eigenvalue weighted by Crippen LogP contribution is -2.59. The van der Waals surface area contributed by atoms with E-state index >= 15 is 0 Å². The highest BCUT2D eigenvalue weighted by molar-refractivity contribution is 6.33. The van der Waals surface area contributed by atoms with E-state index in [1.165, 1.54) is 6.33 Å². The van der Waals surface area contributed by atoms with E-state index in [2.05, 4.69) is 41.9 Å². The molecule has 0 saturated carbocycles. The maximum absolute atomic E-state index is 13.7. The van der Waals surface area contributed by atoms with Gasteiger partial charge < -0.3 is 9.80 Å². The number of nitrogens with zero attached hydrogens (tertiary/aromatic N) is 7. The van der Waals surface area contributed by atoms with E-state index in [-0.39, 0.29) is 16.5 Å². The molecule has 0 radical (unpaired) electrons. The van der Waals surface area contributed by atoms with Crippen molar-refractivity contribution in [3.8, 4) is 11.5 Å². The van der Waals surface area contributed by atoms with Crippen LogP contribution in [0.3, 0.4) is 0 Å². The normalized spacial score (nSPS) is 19.4. The number of likely N-dealkylation sites (tertiary alicyclic amines) is 1. The maximum Gasteiger partial charge on any atom is 0.255 e. The van der Waals surface area contributed by atoms with Gasteiger partial charge in [0.15, 0.2) is 11.6 Å². The highest BCUT2D eigenvalue weighted by atomic mass is 35.5. The zero-order valence-electron chi connectivity index (χ0n) is 20.8. The van der Waals surface area contributed by atoms with Gasteiger partial charge in [-0.1, -0.05) is 18.5 Å². The van der Waals surface area contributed by atoms with Crippen molar-refractivity contribution < 1.29 is 13.6 Å². The summed E-state index contributed by atoms with van der Waals surface area (Å²) in [5.41, 5.74) is 1.48. The van der Waals surface area contributed by atoms with Gasteiger partial charge in [-0.05, 0) is 38.3 Å². The third-order valence-electron chi connectivity index (χ3n) is 7.33. The number of rotatable bonds is 5. The summed E-state index contributed by atoms with van der Waals surface area (Å²) in [6, 6.07) is 2.43. The molecule has 1 aromatic carbocycles. The molecule has 2 fully saturated rings. The average Bonchev–Trinajstić information content (AvgIpc) is 3.45. The molecular weight excluding hydrogens is 502 g/mol. The van der Waals surface area contributed by atoms with Crippen LogP contribution in [0.4, 0.5) is 14.6 Å². The monoisotopic (exact) mass is 530 g/mol. The molecule has 0 spiro atoms. The molecule has 196 valence electrons. The maximum atomic E-state index is 13.7. The number of amides is 1. The Kier molecular flexibility index (Phi) is 7.34. The molecule has 1 amide bonds. The number of carbonyl (C=O) groups is 1. The minimum Gasteiger partial charge on any atom is -0.352 e. The van der Waals surface area contributed by atoms with Crippen LogP contribution < -0.4 is 4.90 Å². The van der Waals surface area contributed by atoms with Gasteiger partial charge in [-0.3, -0.25) is 14.8 Å². The molecule has 5 rings (SSSR count). The quantitative estimate of drug-likeness (QED) is 0.503. The summed E-state index contributed by atoms with van der Waals surface area (Å²) in [7, 11) is 0. The van der Waals surface area contributed by atoms with Crippen LogP contribution in [-0.4, -0.2) is 85.7 Å². The molecule has 1 atom stereocenters. The summed E-state index contributed by atoms with van der Waals surface area (Å²) in [6.07, 6.45) is 5.84. The highest BCUT2D eigenvalue weighted by Gasteiger charge is 2.35. The summed E-state index contributed by atoms with van der Waals surface area (Å²) in [5, 5.41) is 6.71. The Balaban J connectivity index is 1.21. The summed E-state index contributed by atoms with van der Waals surface area (Å²) in [4.78, 5) is 32.9. The molecule has 0 aliphatic carbocycles. The van der Waals surface area contributed by atoms with E-state index in [1.54, 1.807) is 11.1 Å². The van der Waals surface area contributed by atoms with Gasteiger partial charge in [0.25, 0.3) is 5.91 Å². The average molecular weight is 531 g/mol. The lowest BCUT2D eigenvalue weighted by atomic mass is 9.97. The first-order valence-electron chi connectivity index (χ1n) is 12.5. The van der Waals surface area contributed by atoms with Gasteiger partial charge in [0.05, 0.1) is 22.5 Å². The number of aromatic amines is 1. The van der Waals surface area contributed by atoms with E-state index in [4.69, 9.17) is 11.6 Å². The van der Waals surface area contributed by atoms with Crippen LogP contribution in [0.2, 0.25) is 5.02 Å². The zero-order chi connectivity index (χ0) is 26.1. The number of nitrogens with one attached hydrogen (secondary N) is 1. The molecule has 2 aliphatic rings. The van der Waals surface area contributed by atoms with Crippen LogP contribution in [-0.2, 0) is 0 Å². The second-order valence-electron chi connectivity index (χ2n) is 9.50. The van der Waals surface area contributed by atoms with Crippen LogP contribution in [0.25, 0.3) is 11.5 Å². The van der Waals surface area contributed by atoms with Gasteiger partial charge in [0.2, 0.25) is 5.82 Å². The fraction of sp³-hybridized carbons (Fsp3) is 0.480. The fourth-order valence-corrected chi connectivity index (χ4v) is 5.62. The Hall–Kier alpha value is -3.18. The molecule has 3 aromatic rings. The summed E-state index contributed by atoms with van der Waals surface area (Å²) < 4.78 is 27.1. The SMILES string of the molecule is CC[C@H]1CN(c2ncc(-c3nc[nH]n3)nc2C)CCN1C1CCN(C(=O)c2cc(F)c(F)cc2Cl)CC1. The van der Waals surface area contributed by atoms with Crippen molar-refractivity contribution in [2.45, 2.75) is 45.2 Å². The fourth-order valence-electron chi connectivity index (χ4n) is 5.39. The Morgan fingerprint density at radius 2 is 1.89 bits per heavy atom. The Bertz CT molecular complexity index is 1270. The number of aryl methyl sites for hydroxylation is 1. The second-order valence-corrected chi connectivity index (χ2v) is 9.91. The molecular formula is C25H29ClF2N8O. The van der Waals surface area contributed by atoms with Crippen molar-refractivity contribution in [2.75, 3.05) is 37.6 Å². The number of anilines is 1. The molecule has 2 aliphatic heterocycles. The molecule has 0 bridgehead atoms. The zero-order valence-corrected chi connectivity index (χ0v) is 21.5. The van der Waals surface area contributed by atoms with E-state index < -0.39 is 11.6 Å². The standard InChI is InChI=1S/C25H29ClF2N8O/c1-3-16-13-35(24-15(2)32-22(12-29-24)23-30-14-31-33-23)8-9-36(16)17-4-6-34(7-5-17)25(37)18-10-20(27)21(28)11-19(18)26/h10-12,14,16-17H,3-9,13H2,1-2H3,(H,30,31,33)/t16-/m0/s1. The van der Waals surface area contributed by atoms with Gasteiger partial charge in [-0.25, -0.2) is 23.7 Å². The molecule has 2 saturated heterocycles. The lowest BCUT2D eigenvalue weighted by molar-refractivity contribution is 0.0490. The first kappa shape index (κ1) is 25.5. The largest absolute Gasteiger partial charge is 0.352 e. The second kappa shape index (κ2) is 10.7. The molecule has 0 unspecified atom stereocenters. The lowest BCUT2D eigenvalue weighted by Gasteiger charge is -2.47. The summed E-state index contributed by atoms with van der Waals surface area (Å²) in [6.45, 7) is 7.79. The minimum atomic E-state index is -1.07. The van der Waals surface area contributed by atoms with Crippen molar-refractivity contribution in [1.82, 2.24) is 34.9 Å². The number of piperazine rings is 1. The number of benzene rings is 1. The van der Waals surface area contributed by atoms with Gasteiger partial charge in [0, 0.05) is 44.8 Å². The Morgan fingerprint density at radius 1 is 1.14 bits per heavy atom. The molecule has 2 aromatic heterocycles. The predicted molar refractivity (Wildman–Crippen MR) is 135 cm³/mol. The number of carbonyl (C=O) groups excluding carboxylic acids is 1. The van der Waals surface area contributed by atoms with Gasteiger partial charge in [0.1, 0.15) is 17.8 Å². The van der Waals surface area contributed by atoms with Crippen molar-refractivity contribution >= 4 is 23.3 Å². The number of piperidine rings is 1. The molecule has 4 heterocycles. The number of aromatic nitrogens is 5. The third kappa shape index (κ3) is 5.15. The van der Waals surface area contributed by atoms with Crippen molar-refractivity contribution in [2.24, 2.45) is 0 Å². The van der Waals surface area contributed by atoms with E-state index in [9.17, 15) is 13.6 Å². The first-order chi connectivity index (χ1) is 17.9. The van der Waals surface area contributed by atoms with Crippen LogP contribution >= 0.6 is 11.6 Å². The van der Waals surface area contributed by atoms with Gasteiger partial charge in [-0.15, -0.1) is 0 Å². The molecule has 12 heteroatoms. The number of hydrogen-bond donors (Lipinski definition) is 1. The van der Waals surface area contributed by atoms with Crippen LogP contribution in [0.5, 0.6) is 0 Å². The van der Waals surface area contributed by atoms with Crippen molar-refractivity contribution in [3.63, 3.8) is 0 Å². The van der Waals surface area contributed by atoms with Crippen molar-refractivity contribution in [1.29, 1.82) is 0 Å². The van der Waals surface area contributed by atoms with Crippen LogP contribution in [0.1, 0.15) is 42.2 Å². The van der Waals surface area contributed by atoms with Crippen LogP contribution in [0, 0.1) is 18.6 Å². The predicted octanol–water partition coefficient (Wildman–Crippen LogP) is 3.71. The van der Waals surface area contributed by atoms with Gasteiger partial charge >= 0.3 is 0 Å². The third-order valence-corrected chi connectivity index (χ3v) is 7.64. The van der Waals surface area contributed by atoms with E-state index in [0.29, 0.717) is 36.7 Å². The summed E-state index contributed by atoms with van der Waals surface area (Å²) in [5.74, 6) is -1.09. The molecule has 37 heavy (non-hydrogen) atoms. The highest BCUT2D eigenvalue weighted by Crippen LogP contribution is 2.28. The van der Waals surface area contributed by atoms with E-state index in [1.807, 2.05) is 6.92 Å². The Labute approximate surface area is 218 Å². The number of hydrogen-bond acceptors (Lipinski definition) is 7. The van der Waals surface area contributed by atoms with Gasteiger partial charge in [-0.2, -0.15) is 5.10 Å². The van der Waals surface area contributed by atoms with Crippen LogP contribution in [0.15, 0.2) is 24.7 Å². The molecule has 1 N–H and O–H groups in total. The number of halogens is 3. The number of H-pyrrole nitrogens is 1. The van der Waals surface area contributed by atoms with E-state index in [0.717, 1.165) is 62.5 Å². The molecule has 9 nitrogen and oxygen atoms in total. The smallest absolute Gasteiger partial charge is 0.255 e. The first-order valence-corrected chi connectivity index (χ1v) is 12.9. The minimum absolute atomic E-state index is 0.00429.